The smallest absolute Gasteiger partial charge is 0.241 e. The molecule has 0 saturated carbocycles. The van der Waals surface area contributed by atoms with Gasteiger partial charge in [-0.3, -0.25) is 4.79 Å². The Kier molecular flexibility index (Phi) is 7.74. The summed E-state index contributed by atoms with van der Waals surface area (Å²) in [6.45, 7) is 2.41. The number of aliphatic imine (C=N–C) groups is 1. The number of hydrogen-bond donors (Lipinski definition) is 3. The van der Waals surface area contributed by atoms with Gasteiger partial charge < -0.3 is 15.5 Å². The lowest BCUT2D eigenvalue weighted by Crippen LogP contribution is -2.43. The van der Waals surface area contributed by atoms with Crippen molar-refractivity contribution in [2.75, 3.05) is 20.6 Å². The lowest BCUT2D eigenvalue weighted by Gasteiger charge is -2.19. The lowest BCUT2D eigenvalue weighted by atomic mass is 10.1. The number of nitrogens with two attached hydrogens (primary N) is 1. The van der Waals surface area contributed by atoms with Crippen molar-refractivity contribution in [3.8, 4) is 0 Å². The number of sulfonamides is 1. The Morgan fingerprint density at radius 2 is 1.72 bits per heavy atom. The topological polar surface area (TPSA) is 117 Å². The van der Waals surface area contributed by atoms with Crippen LogP contribution < -0.4 is 15.8 Å². The maximum atomic E-state index is 11.9. The molecule has 2 aromatic rings. The molecule has 0 aromatic heterocycles. The molecule has 1 unspecified atom stereocenters. The van der Waals surface area contributed by atoms with E-state index in [0.29, 0.717) is 12.5 Å². The molecule has 8 nitrogen and oxygen atoms in total. The minimum Gasteiger partial charge on any atom is -0.350 e. The van der Waals surface area contributed by atoms with E-state index in [2.05, 4.69) is 15.6 Å². The van der Waals surface area contributed by atoms with Crippen molar-refractivity contribution in [3.05, 3.63) is 65.7 Å². The number of benzene rings is 2. The summed E-state index contributed by atoms with van der Waals surface area (Å²) in [6, 6.07) is 16.1. The molecule has 1 amide bonds. The summed E-state index contributed by atoms with van der Waals surface area (Å²) < 4.78 is 22.7. The molecule has 29 heavy (non-hydrogen) atoms. The van der Waals surface area contributed by atoms with E-state index in [4.69, 9.17) is 5.14 Å². The molecule has 1 atom stereocenters. The van der Waals surface area contributed by atoms with Crippen molar-refractivity contribution in [2.24, 2.45) is 10.1 Å². The molecule has 2 aromatic carbocycles. The number of hydrogen-bond acceptors (Lipinski definition) is 4. The molecule has 0 aliphatic carbocycles. The minimum atomic E-state index is -3.73. The monoisotopic (exact) mass is 417 g/mol. The van der Waals surface area contributed by atoms with E-state index in [0.717, 1.165) is 11.1 Å². The lowest BCUT2D eigenvalue weighted by molar-refractivity contribution is -0.127. The fourth-order valence-corrected chi connectivity index (χ4v) is 2.97. The van der Waals surface area contributed by atoms with Crippen molar-refractivity contribution >= 4 is 21.9 Å². The summed E-state index contributed by atoms with van der Waals surface area (Å²) in [5.41, 5.74) is 1.89. The van der Waals surface area contributed by atoms with Gasteiger partial charge in [0.1, 0.15) is 0 Å². The third-order valence-electron chi connectivity index (χ3n) is 4.23. The predicted octanol–water partition coefficient (Wildman–Crippen LogP) is 1.22. The van der Waals surface area contributed by atoms with Crippen molar-refractivity contribution in [2.45, 2.75) is 24.4 Å². The van der Waals surface area contributed by atoms with Crippen LogP contribution in [-0.2, 0) is 21.4 Å². The largest absolute Gasteiger partial charge is 0.350 e. The Hall–Kier alpha value is -2.91. The van der Waals surface area contributed by atoms with Crippen LogP contribution in [0.3, 0.4) is 0 Å². The standard InChI is InChI=1S/C20H27N5O3S/c1-15(17-7-5-4-6-8-17)24-20(23-14-19(26)25(2)3)22-13-16-9-11-18(12-10-16)29(21,27)28/h4-12,15H,13-14H2,1-3H3,(H2,21,27,28)(H2,22,23,24). The summed E-state index contributed by atoms with van der Waals surface area (Å²) in [6.07, 6.45) is 0. The third-order valence-corrected chi connectivity index (χ3v) is 5.16. The van der Waals surface area contributed by atoms with Crippen molar-refractivity contribution < 1.29 is 13.2 Å². The van der Waals surface area contributed by atoms with Crippen molar-refractivity contribution in [3.63, 3.8) is 0 Å². The van der Waals surface area contributed by atoms with E-state index in [-0.39, 0.29) is 23.4 Å². The minimum absolute atomic E-state index is 0.0262. The van der Waals surface area contributed by atoms with Gasteiger partial charge in [-0.2, -0.15) is 0 Å². The first-order valence-corrected chi connectivity index (χ1v) is 10.6. The Morgan fingerprint density at radius 3 is 2.28 bits per heavy atom. The maximum Gasteiger partial charge on any atom is 0.241 e. The van der Waals surface area contributed by atoms with Gasteiger partial charge in [-0.1, -0.05) is 42.5 Å². The maximum absolute atomic E-state index is 11.9. The molecular weight excluding hydrogens is 390 g/mol. The van der Waals surface area contributed by atoms with Gasteiger partial charge in [0, 0.05) is 14.1 Å². The predicted molar refractivity (Wildman–Crippen MR) is 114 cm³/mol. The Morgan fingerprint density at radius 1 is 1.10 bits per heavy atom. The highest BCUT2D eigenvalue weighted by Gasteiger charge is 2.11. The number of carbonyl (C=O) groups is 1. The van der Waals surface area contributed by atoms with Crippen LogP contribution in [0.25, 0.3) is 0 Å². The van der Waals surface area contributed by atoms with Gasteiger partial charge in [-0.15, -0.1) is 0 Å². The van der Waals surface area contributed by atoms with Gasteiger partial charge >= 0.3 is 0 Å². The van der Waals surface area contributed by atoms with E-state index >= 15 is 0 Å². The fourth-order valence-electron chi connectivity index (χ4n) is 2.46. The molecule has 0 spiro atoms. The fraction of sp³-hybridized carbons (Fsp3) is 0.300. The van der Waals surface area contributed by atoms with Gasteiger partial charge in [0.2, 0.25) is 15.9 Å². The van der Waals surface area contributed by atoms with Crippen LogP contribution >= 0.6 is 0 Å². The van der Waals surface area contributed by atoms with Crippen LogP contribution in [0.5, 0.6) is 0 Å². The molecule has 0 aliphatic rings. The molecule has 0 fully saturated rings. The Balaban J connectivity index is 2.13. The first-order valence-electron chi connectivity index (χ1n) is 9.08. The Bertz CT molecular complexity index is 942. The zero-order chi connectivity index (χ0) is 21.4. The second-order valence-electron chi connectivity index (χ2n) is 6.77. The number of nitrogens with one attached hydrogen (secondary N) is 2. The van der Waals surface area contributed by atoms with Crippen LogP contribution in [0.15, 0.2) is 64.5 Å². The highest BCUT2D eigenvalue weighted by molar-refractivity contribution is 7.89. The number of primary sulfonamides is 1. The number of nitrogens with zero attached hydrogens (tertiary/aromatic N) is 2. The molecule has 9 heteroatoms. The summed E-state index contributed by atoms with van der Waals surface area (Å²) in [4.78, 5) is 18.0. The van der Waals surface area contributed by atoms with E-state index in [1.807, 2.05) is 37.3 Å². The second kappa shape index (κ2) is 10.0. The molecule has 0 saturated heterocycles. The number of carbonyl (C=O) groups excluding carboxylic acids is 1. The highest BCUT2D eigenvalue weighted by atomic mass is 32.2. The SMILES string of the molecule is CC(NC(=NCc1ccc(S(N)(=O)=O)cc1)NCC(=O)N(C)C)c1ccccc1. The Labute approximate surface area is 171 Å². The van der Waals surface area contributed by atoms with Gasteiger partial charge in [0.05, 0.1) is 24.0 Å². The molecule has 156 valence electrons. The summed E-state index contributed by atoms with van der Waals surface area (Å²) in [7, 11) is -0.350. The zero-order valence-corrected chi connectivity index (χ0v) is 17.6. The van der Waals surface area contributed by atoms with Crippen molar-refractivity contribution in [1.29, 1.82) is 0 Å². The molecule has 0 heterocycles. The summed E-state index contributed by atoms with van der Waals surface area (Å²) >= 11 is 0. The highest BCUT2D eigenvalue weighted by Crippen LogP contribution is 2.12. The molecule has 0 bridgehead atoms. The van der Waals surface area contributed by atoms with E-state index in [9.17, 15) is 13.2 Å². The van der Waals surface area contributed by atoms with Crippen molar-refractivity contribution in [1.82, 2.24) is 15.5 Å². The number of guanidine groups is 1. The van der Waals surface area contributed by atoms with Gasteiger partial charge in [0.15, 0.2) is 5.96 Å². The first kappa shape index (κ1) is 22.4. The number of rotatable bonds is 7. The molecule has 4 N–H and O–H groups in total. The summed E-state index contributed by atoms with van der Waals surface area (Å²) in [5.74, 6) is 0.399. The molecule has 0 aliphatic heterocycles. The van der Waals surface area contributed by atoms with Crippen LogP contribution in [0, 0.1) is 0 Å². The number of likely N-dealkylation sites (N-methyl/N-ethyl adjacent to an activating group) is 1. The normalized spacial score (nSPS) is 12.9. The van der Waals surface area contributed by atoms with Gasteiger partial charge in [-0.25, -0.2) is 18.5 Å². The van der Waals surface area contributed by atoms with E-state index in [1.54, 1.807) is 26.2 Å². The molecule has 0 radical (unpaired) electrons. The third kappa shape index (κ3) is 7.20. The van der Waals surface area contributed by atoms with Gasteiger partial charge in [0.25, 0.3) is 0 Å². The quantitative estimate of drug-likeness (QED) is 0.463. The average Bonchev–Trinajstić information content (AvgIpc) is 2.69. The average molecular weight is 418 g/mol. The van der Waals surface area contributed by atoms with Gasteiger partial charge in [-0.05, 0) is 30.2 Å². The summed E-state index contributed by atoms with van der Waals surface area (Å²) in [5, 5.41) is 11.4. The second-order valence-corrected chi connectivity index (χ2v) is 8.33. The van der Waals surface area contributed by atoms with E-state index in [1.165, 1.54) is 17.0 Å². The van der Waals surface area contributed by atoms with Crippen LogP contribution in [0.2, 0.25) is 0 Å². The van der Waals surface area contributed by atoms with Crippen LogP contribution in [0.4, 0.5) is 0 Å². The first-order chi connectivity index (χ1) is 13.7. The van der Waals surface area contributed by atoms with E-state index < -0.39 is 10.0 Å². The number of amides is 1. The molecular formula is C20H27N5O3S. The molecule has 2 rings (SSSR count). The van der Waals surface area contributed by atoms with Crippen LogP contribution in [0.1, 0.15) is 24.1 Å². The van der Waals surface area contributed by atoms with Crippen LogP contribution in [-0.4, -0.2) is 45.8 Å². The zero-order valence-electron chi connectivity index (χ0n) is 16.8.